The van der Waals surface area contributed by atoms with Gasteiger partial charge in [-0.2, -0.15) is 13.2 Å². The third kappa shape index (κ3) is 4.02. The Bertz CT molecular complexity index is 946. The number of nitrogens with one attached hydrogen (secondary N) is 1. The standard InChI is InChI=1S/C18H13F3N2O3/c1-2-16(24)22-10-17-23-14-9-13(7-8-15(14)26-17)25-12-5-3-11(4-6-12)18(19,20)21/h2-9H,1,10H2,(H,22,24). The second-order valence-corrected chi connectivity index (χ2v) is 5.28. The van der Waals surface area contributed by atoms with Gasteiger partial charge in [0, 0.05) is 6.07 Å². The number of halogens is 3. The normalized spacial score (nSPS) is 11.3. The van der Waals surface area contributed by atoms with Crippen molar-refractivity contribution in [2.45, 2.75) is 12.7 Å². The maximum atomic E-state index is 12.6. The third-order valence-corrected chi connectivity index (χ3v) is 3.42. The fraction of sp³-hybridized carbons (Fsp3) is 0.111. The molecule has 1 amide bonds. The Morgan fingerprint density at radius 1 is 1.19 bits per heavy atom. The highest BCUT2D eigenvalue weighted by Gasteiger charge is 2.30. The smallest absolute Gasteiger partial charge is 0.416 e. The van der Waals surface area contributed by atoms with Crippen molar-refractivity contribution in [2.24, 2.45) is 0 Å². The van der Waals surface area contributed by atoms with Crippen LogP contribution in [0.15, 0.2) is 59.5 Å². The van der Waals surface area contributed by atoms with Crippen molar-refractivity contribution in [3.05, 3.63) is 66.6 Å². The number of benzene rings is 2. The lowest BCUT2D eigenvalue weighted by molar-refractivity contribution is -0.137. The number of carbonyl (C=O) groups excluding carboxylic acids is 1. The Balaban J connectivity index is 1.74. The number of amides is 1. The Morgan fingerprint density at radius 2 is 1.88 bits per heavy atom. The molecule has 0 atom stereocenters. The molecule has 1 N–H and O–H groups in total. The van der Waals surface area contributed by atoms with E-state index in [2.05, 4.69) is 16.9 Å². The molecule has 26 heavy (non-hydrogen) atoms. The van der Waals surface area contributed by atoms with Gasteiger partial charge in [-0.1, -0.05) is 6.58 Å². The van der Waals surface area contributed by atoms with Crippen molar-refractivity contribution in [3.8, 4) is 11.5 Å². The molecule has 8 heteroatoms. The van der Waals surface area contributed by atoms with Gasteiger partial charge in [-0.25, -0.2) is 4.98 Å². The van der Waals surface area contributed by atoms with Crippen LogP contribution in [0.25, 0.3) is 11.1 Å². The molecular formula is C18H13F3N2O3. The average Bonchev–Trinajstić information content (AvgIpc) is 3.01. The van der Waals surface area contributed by atoms with E-state index in [4.69, 9.17) is 9.15 Å². The second-order valence-electron chi connectivity index (χ2n) is 5.28. The number of ether oxygens (including phenoxy) is 1. The summed E-state index contributed by atoms with van der Waals surface area (Å²) in [4.78, 5) is 15.4. The van der Waals surface area contributed by atoms with Crippen molar-refractivity contribution in [3.63, 3.8) is 0 Å². The number of fused-ring (bicyclic) bond motifs is 1. The molecule has 1 aromatic heterocycles. The van der Waals surface area contributed by atoms with Crippen LogP contribution in [0.5, 0.6) is 11.5 Å². The molecule has 0 spiro atoms. The molecule has 0 aliphatic carbocycles. The second kappa shape index (κ2) is 6.91. The zero-order valence-electron chi connectivity index (χ0n) is 13.3. The van der Waals surface area contributed by atoms with Gasteiger partial charge in [-0.05, 0) is 42.5 Å². The minimum Gasteiger partial charge on any atom is -0.457 e. The van der Waals surface area contributed by atoms with Crippen LogP contribution in [0, 0.1) is 0 Å². The average molecular weight is 362 g/mol. The molecule has 1 heterocycles. The predicted octanol–water partition coefficient (Wildman–Crippen LogP) is 4.44. The molecular weight excluding hydrogens is 349 g/mol. The summed E-state index contributed by atoms with van der Waals surface area (Å²) in [5.41, 5.74) is 0.243. The van der Waals surface area contributed by atoms with Crippen LogP contribution in [-0.4, -0.2) is 10.9 Å². The molecule has 3 aromatic rings. The molecule has 3 rings (SSSR count). The van der Waals surface area contributed by atoms with Crippen molar-refractivity contribution in [1.29, 1.82) is 0 Å². The van der Waals surface area contributed by atoms with Gasteiger partial charge in [0.15, 0.2) is 5.58 Å². The number of rotatable bonds is 5. The number of hydrogen-bond donors (Lipinski definition) is 1. The van der Waals surface area contributed by atoms with Gasteiger partial charge in [0.1, 0.15) is 17.0 Å². The molecule has 0 fully saturated rings. The fourth-order valence-corrected chi connectivity index (χ4v) is 2.18. The maximum absolute atomic E-state index is 12.6. The zero-order chi connectivity index (χ0) is 18.7. The number of carbonyl (C=O) groups is 1. The number of alkyl halides is 3. The first-order valence-corrected chi connectivity index (χ1v) is 7.50. The first-order valence-electron chi connectivity index (χ1n) is 7.50. The zero-order valence-corrected chi connectivity index (χ0v) is 13.3. The van der Waals surface area contributed by atoms with E-state index >= 15 is 0 Å². The van der Waals surface area contributed by atoms with Gasteiger partial charge in [0.2, 0.25) is 11.8 Å². The minimum atomic E-state index is -4.39. The molecule has 5 nitrogen and oxygen atoms in total. The largest absolute Gasteiger partial charge is 0.457 e. The van der Waals surface area contributed by atoms with Gasteiger partial charge in [0.05, 0.1) is 12.1 Å². The van der Waals surface area contributed by atoms with Gasteiger partial charge in [0.25, 0.3) is 0 Å². The summed E-state index contributed by atoms with van der Waals surface area (Å²) in [6.07, 6.45) is -3.26. The van der Waals surface area contributed by atoms with Crippen LogP contribution < -0.4 is 10.1 Å². The number of nitrogens with zero attached hydrogens (tertiary/aromatic N) is 1. The Labute approximate surface area is 146 Å². The minimum absolute atomic E-state index is 0.106. The molecule has 0 unspecified atom stereocenters. The lowest BCUT2D eigenvalue weighted by atomic mass is 10.2. The van der Waals surface area contributed by atoms with Crippen molar-refractivity contribution in [1.82, 2.24) is 10.3 Å². The topological polar surface area (TPSA) is 64.4 Å². The number of aromatic nitrogens is 1. The van der Waals surface area contributed by atoms with Crippen LogP contribution in [0.2, 0.25) is 0 Å². The summed E-state index contributed by atoms with van der Waals surface area (Å²) in [5.74, 6) is 0.618. The molecule has 0 aliphatic heterocycles. The molecule has 0 radical (unpaired) electrons. The summed E-state index contributed by atoms with van der Waals surface area (Å²) in [6, 6.07) is 9.21. The quantitative estimate of drug-likeness (QED) is 0.682. The summed E-state index contributed by atoms with van der Waals surface area (Å²) < 4.78 is 48.7. The molecule has 0 saturated carbocycles. The van der Waals surface area contributed by atoms with E-state index in [1.54, 1.807) is 18.2 Å². The maximum Gasteiger partial charge on any atom is 0.416 e. The molecule has 0 saturated heterocycles. The van der Waals surface area contributed by atoms with Crippen LogP contribution in [0.4, 0.5) is 13.2 Å². The van der Waals surface area contributed by atoms with Crippen LogP contribution in [-0.2, 0) is 17.5 Å². The van der Waals surface area contributed by atoms with E-state index < -0.39 is 11.7 Å². The SMILES string of the molecule is C=CC(=O)NCc1nc2cc(Oc3ccc(C(F)(F)F)cc3)ccc2o1. The van der Waals surface area contributed by atoms with E-state index in [0.29, 0.717) is 22.7 Å². The lowest BCUT2D eigenvalue weighted by Gasteiger charge is -2.08. The Kier molecular flexibility index (Phi) is 4.66. The molecule has 2 aromatic carbocycles. The summed E-state index contributed by atoms with van der Waals surface area (Å²) in [6.45, 7) is 3.45. The number of oxazole rings is 1. The monoisotopic (exact) mass is 362 g/mol. The van der Waals surface area contributed by atoms with Crippen molar-refractivity contribution < 1.29 is 27.1 Å². The van der Waals surface area contributed by atoms with E-state index in [0.717, 1.165) is 18.2 Å². The van der Waals surface area contributed by atoms with Crippen molar-refractivity contribution in [2.75, 3.05) is 0 Å². The highest BCUT2D eigenvalue weighted by Crippen LogP contribution is 2.32. The third-order valence-electron chi connectivity index (χ3n) is 3.42. The fourth-order valence-electron chi connectivity index (χ4n) is 2.18. The predicted molar refractivity (Wildman–Crippen MR) is 87.6 cm³/mol. The van der Waals surface area contributed by atoms with Gasteiger partial charge < -0.3 is 14.5 Å². The lowest BCUT2D eigenvalue weighted by Crippen LogP contribution is -2.19. The van der Waals surface area contributed by atoms with E-state index in [-0.39, 0.29) is 18.2 Å². The number of hydrogen-bond acceptors (Lipinski definition) is 4. The summed E-state index contributed by atoms with van der Waals surface area (Å²) in [5, 5.41) is 2.55. The summed E-state index contributed by atoms with van der Waals surface area (Å²) in [7, 11) is 0. The molecule has 134 valence electrons. The van der Waals surface area contributed by atoms with E-state index in [1.807, 2.05) is 0 Å². The highest BCUT2D eigenvalue weighted by atomic mass is 19.4. The Hall–Kier alpha value is -3.29. The van der Waals surface area contributed by atoms with E-state index in [1.165, 1.54) is 12.1 Å². The Morgan fingerprint density at radius 3 is 2.54 bits per heavy atom. The molecule has 0 aliphatic rings. The van der Waals surface area contributed by atoms with Crippen molar-refractivity contribution >= 4 is 17.0 Å². The van der Waals surface area contributed by atoms with Crippen LogP contribution >= 0.6 is 0 Å². The van der Waals surface area contributed by atoms with E-state index in [9.17, 15) is 18.0 Å². The van der Waals surface area contributed by atoms with Crippen LogP contribution in [0.1, 0.15) is 11.5 Å². The highest BCUT2D eigenvalue weighted by molar-refractivity contribution is 5.86. The molecule has 0 bridgehead atoms. The van der Waals surface area contributed by atoms with Gasteiger partial charge in [-0.3, -0.25) is 4.79 Å². The van der Waals surface area contributed by atoms with Gasteiger partial charge >= 0.3 is 6.18 Å². The first kappa shape index (κ1) is 17.5. The van der Waals surface area contributed by atoms with Crippen LogP contribution in [0.3, 0.4) is 0 Å². The summed E-state index contributed by atoms with van der Waals surface area (Å²) >= 11 is 0. The first-order chi connectivity index (χ1) is 12.3. The van der Waals surface area contributed by atoms with Gasteiger partial charge in [-0.15, -0.1) is 0 Å².